The Morgan fingerprint density at radius 1 is 0.909 bits per heavy atom. The van der Waals surface area contributed by atoms with Gasteiger partial charge in [-0.2, -0.15) is 5.10 Å². The maximum Gasteiger partial charge on any atom is 0.173 e. The molecule has 8 heteroatoms. The molecule has 2 aromatic carbocycles. The molecule has 1 aliphatic rings. The molecule has 1 fully saturated rings. The third-order valence-corrected chi connectivity index (χ3v) is 7.22. The highest BCUT2D eigenvalue weighted by Crippen LogP contribution is 2.25. The second-order valence-corrected chi connectivity index (χ2v) is 9.83. The minimum absolute atomic E-state index is 0.553. The summed E-state index contributed by atoms with van der Waals surface area (Å²) in [6, 6.07) is 14.5. The molecule has 0 unspecified atom stereocenters. The van der Waals surface area contributed by atoms with E-state index >= 15 is 0 Å². The summed E-state index contributed by atoms with van der Waals surface area (Å²) >= 11 is 18.0. The normalized spacial score (nSPS) is 14.5. The predicted octanol–water partition coefficient (Wildman–Crippen LogP) is 5.68. The maximum absolute atomic E-state index is 6.17. The van der Waals surface area contributed by atoms with Gasteiger partial charge in [-0.3, -0.25) is 9.58 Å². The lowest BCUT2D eigenvalue weighted by molar-refractivity contribution is 0.177. The first-order valence-corrected chi connectivity index (χ1v) is 12.3. The zero-order valence-electron chi connectivity index (χ0n) is 19.2. The molecule has 2 heterocycles. The Kier molecular flexibility index (Phi) is 7.59. The minimum atomic E-state index is 0.553. The number of aryl methyl sites for hydroxylation is 2. The van der Waals surface area contributed by atoms with Crippen molar-refractivity contribution in [2.75, 3.05) is 31.5 Å². The second-order valence-electron chi connectivity index (χ2n) is 8.63. The number of hydrogen-bond acceptors (Lipinski definition) is 3. The van der Waals surface area contributed by atoms with Crippen molar-refractivity contribution in [1.29, 1.82) is 0 Å². The fourth-order valence-electron chi connectivity index (χ4n) is 4.09. The van der Waals surface area contributed by atoms with Crippen molar-refractivity contribution in [3.05, 3.63) is 80.6 Å². The first-order chi connectivity index (χ1) is 15.8. The Hall–Kier alpha value is -2.12. The Labute approximate surface area is 211 Å². The van der Waals surface area contributed by atoms with Crippen LogP contribution in [-0.4, -0.2) is 50.9 Å². The molecule has 1 aromatic heterocycles. The summed E-state index contributed by atoms with van der Waals surface area (Å²) in [5.41, 5.74) is 6.64. The molecule has 0 aliphatic carbocycles. The number of anilines is 1. The van der Waals surface area contributed by atoms with Crippen LogP contribution in [0.15, 0.2) is 42.5 Å². The standard InChI is InChI=1S/C25H29Cl2N5S/c1-17-4-6-20(7-5-17)15-30-10-12-31(13-11-30)25(33)28-24-18(2)29-32(19(24)3)16-21-8-9-22(26)23(27)14-21/h4-9,14H,10-13,15-16H2,1-3H3,(H,28,33). The number of hydrogen-bond donors (Lipinski definition) is 1. The van der Waals surface area contributed by atoms with Crippen LogP contribution in [0.3, 0.4) is 0 Å². The number of piperazine rings is 1. The SMILES string of the molecule is Cc1ccc(CN2CCN(C(=S)Nc3c(C)nn(Cc4ccc(Cl)c(Cl)c4)c3C)CC2)cc1. The number of nitrogens with zero attached hydrogens (tertiary/aromatic N) is 4. The van der Waals surface area contributed by atoms with E-state index in [1.807, 2.05) is 29.8 Å². The monoisotopic (exact) mass is 501 g/mol. The van der Waals surface area contributed by atoms with Gasteiger partial charge >= 0.3 is 0 Å². The van der Waals surface area contributed by atoms with E-state index in [9.17, 15) is 0 Å². The van der Waals surface area contributed by atoms with E-state index in [-0.39, 0.29) is 0 Å². The summed E-state index contributed by atoms with van der Waals surface area (Å²) in [7, 11) is 0. The number of rotatable bonds is 5. The van der Waals surface area contributed by atoms with Crippen LogP contribution in [0.5, 0.6) is 0 Å². The van der Waals surface area contributed by atoms with Crippen LogP contribution in [-0.2, 0) is 13.1 Å². The minimum Gasteiger partial charge on any atom is -0.346 e. The summed E-state index contributed by atoms with van der Waals surface area (Å²) in [4.78, 5) is 4.73. The average Bonchev–Trinajstić information content (AvgIpc) is 3.05. The molecule has 0 amide bonds. The maximum atomic E-state index is 6.17. The van der Waals surface area contributed by atoms with Crippen LogP contribution in [0.1, 0.15) is 28.1 Å². The van der Waals surface area contributed by atoms with Crippen molar-refractivity contribution in [2.24, 2.45) is 0 Å². The quantitative estimate of drug-likeness (QED) is 0.455. The molecule has 1 saturated heterocycles. The van der Waals surface area contributed by atoms with E-state index in [0.29, 0.717) is 16.6 Å². The van der Waals surface area contributed by atoms with Gasteiger partial charge in [0.05, 0.1) is 33.7 Å². The molecule has 1 aliphatic heterocycles. The average molecular weight is 503 g/mol. The van der Waals surface area contributed by atoms with Crippen molar-refractivity contribution < 1.29 is 0 Å². The molecule has 3 aromatic rings. The molecule has 1 N–H and O–H groups in total. The van der Waals surface area contributed by atoms with Gasteiger partial charge in [0.25, 0.3) is 0 Å². The largest absolute Gasteiger partial charge is 0.346 e. The van der Waals surface area contributed by atoms with E-state index in [2.05, 4.69) is 53.2 Å². The molecule has 0 saturated carbocycles. The van der Waals surface area contributed by atoms with E-state index in [0.717, 1.165) is 60.5 Å². The van der Waals surface area contributed by atoms with Crippen LogP contribution in [0.2, 0.25) is 10.0 Å². The van der Waals surface area contributed by atoms with Crippen LogP contribution in [0.4, 0.5) is 5.69 Å². The van der Waals surface area contributed by atoms with Crippen molar-refractivity contribution in [3.8, 4) is 0 Å². The number of aromatic nitrogens is 2. The lowest BCUT2D eigenvalue weighted by Crippen LogP contribution is -2.49. The molecule has 0 radical (unpaired) electrons. The summed E-state index contributed by atoms with van der Waals surface area (Å²) in [5.74, 6) is 0. The van der Waals surface area contributed by atoms with Gasteiger partial charge in [0.2, 0.25) is 0 Å². The molecule has 0 bridgehead atoms. The summed E-state index contributed by atoms with van der Waals surface area (Å²) < 4.78 is 1.97. The molecule has 5 nitrogen and oxygen atoms in total. The van der Waals surface area contributed by atoms with E-state index < -0.39 is 0 Å². The Balaban J connectivity index is 1.35. The van der Waals surface area contributed by atoms with Crippen molar-refractivity contribution in [2.45, 2.75) is 33.9 Å². The molecular weight excluding hydrogens is 473 g/mol. The van der Waals surface area contributed by atoms with Crippen LogP contribution >= 0.6 is 35.4 Å². The lowest BCUT2D eigenvalue weighted by atomic mass is 10.1. The molecule has 4 rings (SSSR count). The van der Waals surface area contributed by atoms with Crippen molar-refractivity contribution >= 4 is 46.2 Å². The third-order valence-electron chi connectivity index (χ3n) is 6.12. The molecule has 0 spiro atoms. The van der Waals surface area contributed by atoms with Gasteiger partial charge in [-0.25, -0.2) is 0 Å². The summed E-state index contributed by atoms with van der Waals surface area (Å²) in [6.45, 7) is 11.6. The van der Waals surface area contributed by atoms with Gasteiger partial charge in [0, 0.05) is 32.7 Å². The second kappa shape index (κ2) is 10.4. The van der Waals surface area contributed by atoms with Gasteiger partial charge in [-0.15, -0.1) is 0 Å². The van der Waals surface area contributed by atoms with Gasteiger partial charge < -0.3 is 10.2 Å². The third kappa shape index (κ3) is 5.87. The summed E-state index contributed by atoms with van der Waals surface area (Å²) in [5, 5.41) is 10.0. The number of thiocarbonyl (C=S) groups is 1. The fraction of sp³-hybridized carbons (Fsp3) is 0.360. The zero-order chi connectivity index (χ0) is 23.5. The van der Waals surface area contributed by atoms with E-state index in [4.69, 9.17) is 40.5 Å². The van der Waals surface area contributed by atoms with Crippen molar-refractivity contribution in [1.82, 2.24) is 19.6 Å². The molecule has 0 atom stereocenters. The topological polar surface area (TPSA) is 36.3 Å². The fourth-order valence-corrected chi connectivity index (χ4v) is 4.69. The number of halogens is 2. The summed E-state index contributed by atoms with van der Waals surface area (Å²) in [6.07, 6.45) is 0. The van der Waals surface area contributed by atoms with Crippen LogP contribution in [0.25, 0.3) is 0 Å². The number of benzene rings is 2. The molecule has 33 heavy (non-hydrogen) atoms. The highest BCUT2D eigenvalue weighted by atomic mass is 35.5. The van der Waals surface area contributed by atoms with Gasteiger partial charge in [-0.05, 0) is 56.2 Å². The van der Waals surface area contributed by atoms with Crippen LogP contribution < -0.4 is 5.32 Å². The Bertz CT molecular complexity index is 1130. The van der Waals surface area contributed by atoms with Crippen molar-refractivity contribution in [3.63, 3.8) is 0 Å². The van der Waals surface area contributed by atoms with Gasteiger partial charge in [0.1, 0.15) is 0 Å². The first-order valence-electron chi connectivity index (χ1n) is 11.1. The van der Waals surface area contributed by atoms with E-state index in [1.165, 1.54) is 11.1 Å². The highest BCUT2D eigenvalue weighted by Gasteiger charge is 2.21. The van der Waals surface area contributed by atoms with Crippen LogP contribution in [0, 0.1) is 20.8 Å². The Morgan fingerprint density at radius 2 is 1.58 bits per heavy atom. The predicted molar refractivity (Wildman–Crippen MR) is 142 cm³/mol. The smallest absolute Gasteiger partial charge is 0.173 e. The number of nitrogens with one attached hydrogen (secondary N) is 1. The molecular formula is C25H29Cl2N5S. The zero-order valence-corrected chi connectivity index (χ0v) is 21.6. The first kappa shape index (κ1) is 24.0. The van der Waals surface area contributed by atoms with Gasteiger partial charge in [-0.1, -0.05) is 59.1 Å². The van der Waals surface area contributed by atoms with Gasteiger partial charge in [0.15, 0.2) is 5.11 Å². The van der Waals surface area contributed by atoms with E-state index in [1.54, 1.807) is 0 Å². The lowest BCUT2D eigenvalue weighted by Gasteiger charge is -2.36. The highest BCUT2D eigenvalue weighted by molar-refractivity contribution is 7.80. The Morgan fingerprint density at radius 3 is 2.24 bits per heavy atom. The molecule has 174 valence electrons.